The maximum Gasteiger partial charge on any atom is 0.335 e. The van der Waals surface area contributed by atoms with Crippen molar-refractivity contribution in [2.75, 3.05) is 18.1 Å². The summed E-state index contributed by atoms with van der Waals surface area (Å²) in [5, 5.41) is 15.5. The zero-order valence-electron chi connectivity index (χ0n) is 32.3. The van der Waals surface area contributed by atoms with Gasteiger partial charge in [-0.1, -0.05) is 106 Å². The fourth-order valence-electron chi connectivity index (χ4n) is 7.79. The van der Waals surface area contributed by atoms with Crippen LogP contribution in [0.5, 0.6) is 0 Å². The number of benzene rings is 3. The molecule has 0 bridgehead atoms. The number of piperidine rings is 1. The largest absolute Gasteiger partial charge is 0.337 e. The van der Waals surface area contributed by atoms with Crippen LogP contribution >= 0.6 is 0 Å². The van der Waals surface area contributed by atoms with Crippen molar-refractivity contribution in [2.24, 2.45) is 5.41 Å². The van der Waals surface area contributed by atoms with E-state index in [1.54, 1.807) is 68.4 Å². The molecule has 300 valence electrons. The molecule has 4 aliphatic heterocycles. The van der Waals surface area contributed by atoms with Crippen molar-refractivity contribution in [2.45, 2.75) is 82.6 Å². The van der Waals surface area contributed by atoms with E-state index in [4.69, 9.17) is 0 Å². The van der Waals surface area contributed by atoms with Crippen LogP contribution in [-0.4, -0.2) is 66.8 Å². The maximum absolute atomic E-state index is 12.6. The van der Waals surface area contributed by atoms with Crippen molar-refractivity contribution >= 4 is 53.2 Å². The fourth-order valence-corrected chi connectivity index (χ4v) is 7.79. The molecule has 15 heteroatoms. The Balaban J connectivity index is 0.000000165. The molecule has 57 heavy (non-hydrogen) atoms. The van der Waals surface area contributed by atoms with Gasteiger partial charge in [0.15, 0.2) is 10.8 Å². The summed E-state index contributed by atoms with van der Waals surface area (Å²) in [5.41, 5.74) is -1.74. The zero-order chi connectivity index (χ0) is 41.2. The highest BCUT2D eigenvalue weighted by molar-refractivity contribution is 6.30. The monoisotopic (exact) mass is 779 g/mol. The second kappa shape index (κ2) is 18.2. The first kappa shape index (κ1) is 41.9. The Morgan fingerprint density at radius 3 is 1.56 bits per heavy atom. The SMILES string of the molecule is CCC1(CC)C(=O)NC(=O)N(c2ccccc2)C1=O.CCC1(c2ccccc2)C(=O)NCNC1=O.O=C1NC(=O)C(CC2CCCCN2)(c2ccccc2)C(=O)N1. The molecule has 0 aliphatic carbocycles. The Kier molecular flexibility index (Phi) is 13.4. The molecule has 1 unspecified atom stereocenters. The van der Waals surface area contributed by atoms with Gasteiger partial charge in [-0.25, -0.2) is 14.5 Å². The summed E-state index contributed by atoms with van der Waals surface area (Å²) in [6, 6.07) is 25.4. The smallest absolute Gasteiger partial charge is 0.335 e. The molecule has 0 aromatic heterocycles. The van der Waals surface area contributed by atoms with E-state index < -0.39 is 51.9 Å². The van der Waals surface area contributed by atoms with E-state index in [-0.39, 0.29) is 24.5 Å². The molecular formula is C42H49N7O8. The van der Waals surface area contributed by atoms with E-state index in [9.17, 15) is 38.4 Å². The van der Waals surface area contributed by atoms with E-state index in [1.807, 2.05) is 43.3 Å². The molecule has 3 aromatic rings. The number of para-hydroxylation sites is 1. The van der Waals surface area contributed by atoms with Gasteiger partial charge in [-0.2, -0.15) is 0 Å². The first-order valence-electron chi connectivity index (χ1n) is 19.2. The lowest BCUT2D eigenvalue weighted by Gasteiger charge is -2.38. The van der Waals surface area contributed by atoms with Gasteiger partial charge in [0.1, 0.15) is 5.41 Å². The summed E-state index contributed by atoms with van der Waals surface area (Å²) in [4.78, 5) is 98.1. The second-order valence-electron chi connectivity index (χ2n) is 14.2. The van der Waals surface area contributed by atoms with Gasteiger partial charge in [-0.15, -0.1) is 0 Å². The van der Waals surface area contributed by atoms with Gasteiger partial charge >= 0.3 is 12.1 Å². The van der Waals surface area contributed by atoms with E-state index >= 15 is 0 Å². The molecule has 4 heterocycles. The van der Waals surface area contributed by atoms with Gasteiger partial charge in [0, 0.05) is 6.04 Å². The third kappa shape index (κ3) is 8.19. The van der Waals surface area contributed by atoms with Crippen LogP contribution in [0.1, 0.15) is 76.8 Å². The molecule has 4 aliphatic rings. The zero-order valence-corrected chi connectivity index (χ0v) is 32.3. The summed E-state index contributed by atoms with van der Waals surface area (Å²) in [7, 11) is 0. The molecule has 6 N–H and O–H groups in total. The predicted molar refractivity (Wildman–Crippen MR) is 210 cm³/mol. The van der Waals surface area contributed by atoms with Crippen LogP contribution in [0.3, 0.4) is 0 Å². The third-order valence-electron chi connectivity index (χ3n) is 11.2. The minimum absolute atomic E-state index is 0.0821. The molecule has 0 radical (unpaired) electrons. The number of hydrogen-bond acceptors (Lipinski definition) is 9. The van der Waals surface area contributed by atoms with Gasteiger partial charge in [0.05, 0.1) is 12.4 Å². The molecule has 10 amide bonds. The Hall–Kier alpha value is -6.22. The standard InChI is InChI=1S/C16H19N3O3.C14H16N2O3.C12H14N2O2/c20-13-16(11-6-2-1-3-7-11,14(21)19-15(22)18-13)10-12-8-4-5-9-17-12;1-3-14(4-2)11(17)15-13(19)16(12(14)18)10-8-6-5-7-9-10;1-2-12(9-6-4-3-5-7-9)10(15)13-8-14-11(12)16/h1-3,6-7,12,17H,4-5,8-10H2,(H2,18,19,20,21,22);5-9H,3-4H2,1-2H3,(H,15,17,19);3-7H,2,8H2,1H3,(H,13,15)(H,14,16). The number of anilines is 1. The van der Waals surface area contributed by atoms with Crippen molar-refractivity contribution in [1.29, 1.82) is 0 Å². The first-order chi connectivity index (χ1) is 27.4. The van der Waals surface area contributed by atoms with Crippen LogP contribution in [0.2, 0.25) is 0 Å². The molecule has 7 rings (SSSR count). The quantitative estimate of drug-likeness (QED) is 0.185. The van der Waals surface area contributed by atoms with Crippen LogP contribution in [0.4, 0.5) is 15.3 Å². The summed E-state index contributed by atoms with van der Waals surface area (Å²) in [6.07, 6.45) is 4.63. The topological polar surface area (TPSA) is 212 Å². The molecule has 4 saturated heterocycles. The number of carbonyl (C=O) groups is 8. The van der Waals surface area contributed by atoms with Crippen LogP contribution < -0.4 is 36.8 Å². The van der Waals surface area contributed by atoms with Gasteiger partial charge < -0.3 is 16.0 Å². The Morgan fingerprint density at radius 2 is 1.09 bits per heavy atom. The van der Waals surface area contributed by atoms with Gasteiger partial charge in [0.2, 0.25) is 29.5 Å². The number of carbonyl (C=O) groups excluding carboxylic acids is 8. The van der Waals surface area contributed by atoms with Gasteiger partial charge in [0.25, 0.3) is 5.91 Å². The van der Waals surface area contributed by atoms with Crippen LogP contribution in [0.15, 0.2) is 91.0 Å². The number of rotatable bonds is 8. The summed E-state index contributed by atoms with van der Waals surface area (Å²) >= 11 is 0. The molecule has 3 aromatic carbocycles. The van der Waals surface area contributed by atoms with E-state index in [1.165, 1.54) is 0 Å². The average Bonchev–Trinajstić information content (AvgIpc) is 3.22. The van der Waals surface area contributed by atoms with Crippen molar-refractivity contribution in [1.82, 2.24) is 31.9 Å². The number of nitrogens with one attached hydrogen (secondary N) is 6. The number of hydrogen-bond donors (Lipinski definition) is 6. The Morgan fingerprint density at radius 1 is 0.579 bits per heavy atom. The van der Waals surface area contributed by atoms with E-state index in [0.29, 0.717) is 36.9 Å². The molecule has 0 spiro atoms. The Labute approximate surface area is 331 Å². The van der Waals surface area contributed by atoms with E-state index in [2.05, 4.69) is 31.9 Å². The first-order valence-corrected chi connectivity index (χ1v) is 19.2. The highest BCUT2D eigenvalue weighted by Crippen LogP contribution is 2.36. The van der Waals surface area contributed by atoms with Crippen LogP contribution in [-0.2, 0) is 39.6 Å². The molecular weight excluding hydrogens is 731 g/mol. The highest BCUT2D eigenvalue weighted by atomic mass is 16.2. The van der Waals surface area contributed by atoms with Gasteiger partial charge in [-0.05, 0) is 68.3 Å². The minimum Gasteiger partial charge on any atom is -0.337 e. The van der Waals surface area contributed by atoms with Crippen molar-refractivity contribution < 1.29 is 38.4 Å². The second-order valence-corrected chi connectivity index (χ2v) is 14.2. The maximum atomic E-state index is 12.6. The lowest BCUT2D eigenvalue weighted by Crippen LogP contribution is -2.66. The van der Waals surface area contributed by atoms with Crippen molar-refractivity contribution in [3.05, 3.63) is 102 Å². The fraction of sp³-hybridized carbons (Fsp3) is 0.381. The number of amides is 10. The number of imide groups is 4. The molecule has 15 nitrogen and oxygen atoms in total. The van der Waals surface area contributed by atoms with Crippen LogP contribution in [0, 0.1) is 5.41 Å². The summed E-state index contributed by atoms with van der Waals surface area (Å²) in [5.74, 6) is -2.47. The average molecular weight is 780 g/mol. The molecule has 4 fully saturated rings. The summed E-state index contributed by atoms with van der Waals surface area (Å²) in [6.45, 7) is 6.50. The number of barbiturate groups is 2. The molecule has 0 saturated carbocycles. The lowest BCUT2D eigenvalue weighted by molar-refractivity contribution is -0.144. The lowest BCUT2D eigenvalue weighted by atomic mass is 9.72. The third-order valence-corrected chi connectivity index (χ3v) is 11.2. The normalized spacial score (nSPS) is 20.9. The molecule has 1 atom stereocenters. The minimum atomic E-state index is -1.36. The van der Waals surface area contributed by atoms with Crippen molar-refractivity contribution in [3.63, 3.8) is 0 Å². The van der Waals surface area contributed by atoms with E-state index in [0.717, 1.165) is 36.3 Å². The Bertz CT molecular complexity index is 1940. The predicted octanol–water partition coefficient (Wildman–Crippen LogP) is 3.44. The highest BCUT2D eigenvalue weighted by Gasteiger charge is 2.53. The van der Waals surface area contributed by atoms with Gasteiger partial charge in [-0.3, -0.25) is 44.7 Å². The summed E-state index contributed by atoms with van der Waals surface area (Å²) < 4.78 is 0. The van der Waals surface area contributed by atoms with Crippen molar-refractivity contribution in [3.8, 4) is 0 Å². The van der Waals surface area contributed by atoms with Crippen LogP contribution in [0.25, 0.3) is 0 Å². The number of urea groups is 2. The number of nitrogens with zero attached hydrogens (tertiary/aromatic N) is 1.